The van der Waals surface area contributed by atoms with E-state index in [1.54, 1.807) is 11.3 Å². The molecule has 4 heteroatoms. The summed E-state index contributed by atoms with van der Waals surface area (Å²) in [6.07, 6.45) is 4.61. The molecule has 3 nitrogen and oxygen atoms in total. The van der Waals surface area contributed by atoms with Gasteiger partial charge in [0.1, 0.15) is 0 Å². The van der Waals surface area contributed by atoms with E-state index in [9.17, 15) is 0 Å². The van der Waals surface area contributed by atoms with E-state index < -0.39 is 0 Å². The van der Waals surface area contributed by atoms with Crippen molar-refractivity contribution in [3.63, 3.8) is 0 Å². The van der Waals surface area contributed by atoms with Crippen molar-refractivity contribution in [3.8, 4) is 0 Å². The second-order valence-corrected chi connectivity index (χ2v) is 5.09. The number of nitrogens with zero attached hydrogens (tertiary/aromatic N) is 1. The van der Waals surface area contributed by atoms with Crippen molar-refractivity contribution < 1.29 is 0 Å². The summed E-state index contributed by atoms with van der Waals surface area (Å²) in [5.41, 5.74) is 0. The molecule has 1 fully saturated rings. The molecule has 14 heavy (non-hydrogen) atoms. The maximum Gasteiger partial charge on any atom is 0.0897 e. The molecular formula is C10H17N3S. The van der Waals surface area contributed by atoms with Crippen LogP contribution in [0.2, 0.25) is 0 Å². The lowest BCUT2D eigenvalue weighted by Gasteiger charge is -2.10. The Morgan fingerprint density at radius 1 is 1.71 bits per heavy atom. The summed E-state index contributed by atoms with van der Waals surface area (Å²) in [4.78, 5) is 5.56. The van der Waals surface area contributed by atoms with Crippen LogP contribution in [0.5, 0.6) is 0 Å². The van der Waals surface area contributed by atoms with Crippen molar-refractivity contribution in [2.24, 2.45) is 0 Å². The molecule has 0 aliphatic carbocycles. The Morgan fingerprint density at radius 2 is 2.64 bits per heavy atom. The zero-order chi connectivity index (χ0) is 9.80. The largest absolute Gasteiger partial charge is 0.313 e. The molecular weight excluding hydrogens is 194 g/mol. The molecule has 0 saturated carbocycles. The van der Waals surface area contributed by atoms with Gasteiger partial charge in [-0.2, -0.15) is 0 Å². The number of hydrogen-bond donors (Lipinski definition) is 2. The molecule has 0 aromatic carbocycles. The highest BCUT2D eigenvalue weighted by Gasteiger charge is 2.12. The summed E-state index contributed by atoms with van der Waals surface area (Å²) >= 11 is 1.78. The van der Waals surface area contributed by atoms with Crippen LogP contribution in [-0.2, 0) is 6.54 Å². The molecule has 1 saturated heterocycles. The normalized spacial score (nSPS) is 21.6. The molecule has 1 aromatic rings. The summed E-state index contributed by atoms with van der Waals surface area (Å²) in [6, 6.07) is 0.684. The Morgan fingerprint density at radius 3 is 3.29 bits per heavy atom. The minimum atomic E-state index is 0.684. The maximum absolute atomic E-state index is 4.23. The van der Waals surface area contributed by atoms with E-state index >= 15 is 0 Å². The molecule has 0 amide bonds. The smallest absolute Gasteiger partial charge is 0.0897 e. The van der Waals surface area contributed by atoms with Gasteiger partial charge in [0.2, 0.25) is 0 Å². The van der Waals surface area contributed by atoms with Gasteiger partial charge in [0, 0.05) is 30.2 Å². The first-order valence-electron chi connectivity index (χ1n) is 5.20. The second-order valence-electron chi connectivity index (χ2n) is 3.77. The second kappa shape index (κ2) is 4.87. The van der Waals surface area contributed by atoms with Gasteiger partial charge < -0.3 is 10.6 Å². The van der Waals surface area contributed by atoms with Gasteiger partial charge in [-0.1, -0.05) is 0 Å². The van der Waals surface area contributed by atoms with Crippen LogP contribution in [0.15, 0.2) is 6.20 Å². The van der Waals surface area contributed by atoms with Crippen LogP contribution in [0.1, 0.15) is 22.7 Å². The Hall–Kier alpha value is -0.450. The SMILES string of the molecule is Cc1ncc(CNCC2CCCN2)s1. The molecule has 2 N–H and O–H groups in total. The van der Waals surface area contributed by atoms with E-state index in [4.69, 9.17) is 0 Å². The molecule has 1 unspecified atom stereocenters. The summed E-state index contributed by atoms with van der Waals surface area (Å²) in [7, 11) is 0. The molecule has 2 rings (SSSR count). The first-order chi connectivity index (χ1) is 6.84. The number of thiazole rings is 1. The summed E-state index contributed by atoms with van der Waals surface area (Å²) < 4.78 is 0. The van der Waals surface area contributed by atoms with E-state index in [1.165, 1.54) is 24.3 Å². The molecule has 1 aliphatic heterocycles. The van der Waals surface area contributed by atoms with Crippen molar-refractivity contribution in [2.45, 2.75) is 32.4 Å². The topological polar surface area (TPSA) is 37.0 Å². The zero-order valence-electron chi connectivity index (χ0n) is 8.55. The van der Waals surface area contributed by atoms with Crippen molar-refractivity contribution in [1.82, 2.24) is 15.6 Å². The van der Waals surface area contributed by atoms with Crippen LogP contribution in [0.4, 0.5) is 0 Å². The fourth-order valence-electron chi connectivity index (χ4n) is 1.79. The van der Waals surface area contributed by atoms with Crippen LogP contribution in [0.3, 0.4) is 0 Å². The van der Waals surface area contributed by atoms with Crippen LogP contribution < -0.4 is 10.6 Å². The van der Waals surface area contributed by atoms with E-state index in [0.717, 1.165) is 18.1 Å². The maximum atomic E-state index is 4.23. The molecule has 1 aromatic heterocycles. The van der Waals surface area contributed by atoms with Gasteiger partial charge in [0.25, 0.3) is 0 Å². The molecule has 1 atom stereocenters. The Labute approximate surface area is 88.9 Å². The third-order valence-corrected chi connectivity index (χ3v) is 3.43. The Balaban J connectivity index is 1.67. The highest BCUT2D eigenvalue weighted by Crippen LogP contribution is 2.11. The quantitative estimate of drug-likeness (QED) is 0.788. The molecule has 1 aliphatic rings. The number of nitrogens with one attached hydrogen (secondary N) is 2. The van der Waals surface area contributed by atoms with Gasteiger partial charge >= 0.3 is 0 Å². The molecule has 0 radical (unpaired) electrons. The highest BCUT2D eigenvalue weighted by molar-refractivity contribution is 7.11. The number of aromatic nitrogens is 1. The van der Waals surface area contributed by atoms with Crippen molar-refractivity contribution in [2.75, 3.05) is 13.1 Å². The third-order valence-electron chi connectivity index (χ3n) is 2.52. The summed E-state index contributed by atoms with van der Waals surface area (Å²) in [5.74, 6) is 0. The lowest BCUT2D eigenvalue weighted by molar-refractivity contribution is 0.537. The minimum Gasteiger partial charge on any atom is -0.313 e. The van der Waals surface area contributed by atoms with Gasteiger partial charge in [-0.05, 0) is 26.3 Å². The average molecular weight is 211 g/mol. The minimum absolute atomic E-state index is 0.684. The first kappa shape index (κ1) is 10.1. The van der Waals surface area contributed by atoms with E-state index in [2.05, 4.69) is 15.6 Å². The number of aryl methyl sites for hydroxylation is 1. The van der Waals surface area contributed by atoms with Crippen LogP contribution in [0, 0.1) is 6.92 Å². The first-order valence-corrected chi connectivity index (χ1v) is 6.01. The fraction of sp³-hybridized carbons (Fsp3) is 0.700. The summed E-state index contributed by atoms with van der Waals surface area (Å²) in [5, 5.41) is 8.09. The zero-order valence-corrected chi connectivity index (χ0v) is 9.36. The van der Waals surface area contributed by atoms with Gasteiger partial charge in [0.15, 0.2) is 0 Å². The average Bonchev–Trinajstić information content (AvgIpc) is 2.77. The van der Waals surface area contributed by atoms with E-state index in [0.29, 0.717) is 6.04 Å². The molecule has 0 spiro atoms. The van der Waals surface area contributed by atoms with Crippen molar-refractivity contribution in [1.29, 1.82) is 0 Å². The Kier molecular flexibility index (Phi) is 3.50. The standard InChI is InChI=1S/C10H17N3S/c1-8-13-7-10(14-8)6-11-5-9-3-2-4-12-9/h7,9,11-12H,2-6H2,1H3. The van der Waals surface area contributed by atoms with Gasteiger partial charge in [-0.3, -0.25) is 0 Å². The number of hydrogen-bond acceptors (Lipinski definition) is 4. The highest BCUT2D eigenvalue weighted by atomic mass is 32.1. The van der Waals surface area contributed by atoms with Crippen molar-refractivity contribution in [3.05, 3.63) is 16.1 Å². The molecule has 2 heterocycles. The van der Waals surface area contributed by atoms with E-state index in [-0.39, 0.29) is 0 Å². The fourth-order valence-corrected chi connectivity index (χ4v) is 2.55. The Bertz CT molecular complexity index is 279. The van der Waals surface area contributed by atoms with Crippen LogP contribution >= 0.6 is 11.3 Å². The van der Waals surface area contributed by atoms with Gasteiger partial charge in [0.05, 0.1) is 5.01 Å². The van der Waals surface area contributed by atoms with Gasteiger partial charge in [-0.25, -0.2) is 4.98 Å². The predicted octanol–water partition coefficient (Wildman–Crippen LogP) is 1.29. The van der Waals surface area contributed by atoms with Crippen LogP contribution in [-0.4, -0.2) is 24.1 Å². The van der Waals surface area contributed by atoms with Crippen molar-refractivity contribution >= 4 is 11.3 Å². The predicted molar refractivity (Wildman–Crippen MR) is 59.6 cm³/mol. The number of rotatable bonds is 4. The monoisotopic (exact) mass is 211 g/mol. The van der Waals surface area contributed by atoms with E-state index in [1.807, 2.05) is 13.1 Å². The van der Waals surface area contributed by atoms with Gasteiger partial charge in [-0.15, -0.1) is 11.3 Å². The molecule has 0 bridgehead atoms. The lowest BCUT2D eigenvalue weighted by Crippen LogP contribution is -2.33. The third kappa shape index (κ3) is 2.77. The lowest BCUT2D eigenvalue weighted by atomic mass is 10.2. The summed E-state index contributed by atoms with van der Waals surface area (Å²) in [6.45, 7) is 5.28. The molecule has 78 valence electrons. The van der Waals surface area contributed by atoms with Crippen LogP contribution in [0.25, 0.3) is 0 Å².